The van der Waals surface area contributed by atoms with Crippen LogP contribution in [0.1, 0.15) is 5.56 Å². The molecule has 0 aliphatic carbocycles. The van der Waals surface area contributed by atoms with Gasteiger partial charge in [0.15, 0.2) is 0 Å². The van der Waals surface area contributed by atoms with Crippen molar-refractivity contribution in [1.82, 2.24) is 9.88 Å². The van der Waals surface area contributed by atoms with E-state index in [0.29, 0.717) is 0 Å². The van der Waals surface area contributed by atoms with Crippen LogP contribution in [-0.2, 0) is 6.54 Å². The molecule has 2 heteroatoms. The maximum Gasteiger partial charge on any atom is 0.0702 e. The Balaban J connectivity index is 2.29. The zero-order chi connectivity index (χ0) is 11.4. The average molecular weight is 212 g/mol. The van der Waals surface area contributed by atoms with E-state index in [1.165, 1.54) is 11.1 Å². The predicted octanol–water partition coefficient (Wildman–Crippen LogP) is 2.81. The summed E-state index contributed by atoms with van der Waals surface area (Å²) in [6.07, 6.45) is 1.83. The summed E-state index contributed by atoms with van der Waals surface area (Å²) in [5.74, 6) is 0. The van der Waals surface area contributed by atoms with E-state index in [1.54, 1.807) is 0 Å². The van der Waals surface area contributed by atoms with Crippen LogP contribution in [0.25, 0.3) is 11.3 Å². The summed E-state index contributed by atoms with van der Waals surface area (Å²) in [7, 11) is 4.15. The van der Waals surface area contributed by atoms with Gasteiger partial charge in [-0.3, -0.25) is 4.98 Å². The van der Waals surface area contributed by atoms with Crippen LogP contribution in [-0.4, -0.2) is 24.0 Å². The molecule has 0 saturated carbocycles. The van der Waals surface area contributed by atoms with Crippen LogP contribution in [0, 0.1) is 0 Å². The Hall–Kier alpha value is -1.67. The highest BCUT2D eigenvalue weighted by molar-refractivity contribution is 5.59. The molecule has 0 bridgehead atoms. The lowest BCUT2D eigenvalue weighted by Gasteiger charge is -2.10. The topological polar surface area (TPSA) is 16.1 Å². The lowest BCUT2D eigenvalue weighted by molar-refractivity contribution is 0.402. The molecule has 1 heterocycles. The molecule has 0 unspecified atom stereocenters. The van der Waals surface area contributed by atoms with E-state index in [2.05, 4.69) is 48.2 Å². The number of nitrogens with zero attached hydrogens (tertiary/aromatic N) is 2. The average Bonchev–Trinajstić information content (AvgIpc) is 2.30. The van der Waals surface area contributed by atoms with Gasteiger partial charge in [0.25, 0.3) is 0 Å². The van der Waals surface area contributed by atoms with Gasteiger partial charge in [0.2, 0.25) is 0 Å². The largest absolute Gasteiger partial charge is 0.305 e. The molecule has 82 valence electrons. The number of hydrogen-bond acceptors (Lipinski definition) is 2. The van der Waals surface area contributed by atoms with E-state index in [4.69, 9.17) is 0 Å². The second kappa shape index (κ2) is 4.90. The fourth-order valence-electron chi connectivity index (χ4n) is 1.73. The Kier molecular flexibility index (Phi) is 3.32. The van der Waals surface area contributed by atoms with Crippen molar-refractivity contribution in [2.24, 2.45) is 0 Å². The van der Waals surface area contributed by atoms with Crippen LogP contribution in [0.2, 0.25) is 0 Å². The Labute approximate surface area is 96.6 Å². The summed E-state index contributed by atoms with van der Waals surface area (Å²) in [5.41, 5.74) is 3.52. The first-order valence-corrected chi connectivity index (χ1v) is 5.41. The second-order valence-electron chi connectivity index (χ2n) is 4.15. The van der Waals surface area contributed by atoms with E-state index < -0.39 is 0 Å². The molecule has 2 aromatic rings. The second-order valence-corrected chi connectivity index (χ2v) is 4.15. The highest BCUT2D eigenvalue weighted by Gasteiger charge is 2.00. The van der Waals surface area contributed by atoms with Gasteiger partial charge in [-0.05, 0) is 37.9 Å². The van der Waals surface area contributed by atoms with Crippen LogP contribution in [0.5, 0.6) is 0 Å². The molecule has 0 N–H and O–H groups in total. The summed E-state index contributed by atoms with van der Waals surface area (Å²) in [6.45, 7) is 0.959. The molecule has 0 saturated heterocycles. The van der Waals surface area contributed by atoms with E-state index in [9.17, 15) is 0 Å². The molecular formula is C14H16N2. The molecule has 0 radical (unpaired) electrons. The quantitative estimate of drug-likeness (QED) is 0.777. The maximum absolute atomic E-state index is 4.36. The van der Waals surface area contributed by atoms with Crippen molar-refractivity contribution < 1.29 is 0 Å². The first-order valence-electron chi connectivity index (χ1n) is 5.41. The molecule has 16 heavy (non-hydrogen) atoms. The van der Waals surface area contributed by atoms with Gasteiger partial charge in [0.1, 0.15) is 0 Å². The molecular weight excluding hydrogens is 196 g/mol. The van der Waals surface area contributed by atoms with Crippen molar-refractivity contribution in [1.29, 1.82) is 0 Å². The van der Waals surface area contributed by atoms with Gasteiger partial charge in [-0.15, -0.1) is 0 Å². The van der Waals surface area contributed by atoms with E-state index in [-0.39, 0.29) is 0 Å². The Morgan fingerprint density at radius 1 is 1.06 bits per heavy atom. The fraction of sp³-hybridized carbons (Fsp3) is 0.214. The van der Waals surface area contributed by atoms with Crippen LogP contribution in [0.4, 0.5) is 0 Å². The third-order valence-corrected chi connectivity index (χ3v) is 2.39. The highest BCUT2D eigenvalue weighted by Crippen LogP contribution is 2.18. The molecule has 0 amide bonds. The Bertz CT molecular complexity index is 449. The smallest absolute Gasteiger partial charge is 0.0702 e. The molecule has 0 aliphatic rings. The molecule has 2 rings (SSSR count). The van der Waals surface area contributed by atoms with Gasteiger partial charge in [-0.25, -0.2) is 0 Å². The molecule has 0 fully saturated rings. The first kappa shape index (κ1) is 10.8. The number of benzene rings is 1. The fourth-order valence-corrected chi connectivity index (χ4v) is 1.73. The zero-order valence-electron chi connectivity index (χ0n) is 9.72. The number of pyridine rings is 1. The first-order chi connectivity index (χ1) is 7.75. The van der Waals surface area contributed by atoms with Gasteiger partial charge in [0, 0.05) is 18.3 Å². The molecule has 0 spiro atoms. The summed E-state index contributed by atoms with van der Waals surface area (Å²) >= 11 is 0. The van der Waals surface area contributed by atoms with Crippen LogP contribution in [0.3, 0.4) is 0 Å². The number of hydrogen-bond donors (Lipinski definition) is 0. The van der Waals surface area contributed by atoms with E-state index in [0.717, 1.165) is 12.2 Å². The van der Waals surface area contributed by atoms with E-state index >= 15 is 0 Å². The molecule has 0 atom stereocenters. The van der Waals surface area contributed by atoms with Crippen LogP contribution in [0.15, 0.2) is 48.7 Å². The minimum absolute atomic E-state index is 0.959. The van der Waals surface area contributed by atoms with Gasteiger partial charge in [0.05, 0.1) is 5.69 Å². The Morgan fingerprint density at radius 2 is 1.94 bits per heavy atom. The Morgan fingerprint density at radius 3 is 2.62 bits per heavy atom. The van der Waals surface area contributed by atoms with Crippen molar-refractivity contribution in [3.05, 3.63) is 54.2 Å². The third-order valence-electron chi connectivity index (χ3n) is 2.39. The predicted molar refractivity (Wildman–Crippen MR) is 67.1 cm³/mol. The summed E-state index contributed by atoms with van der Waals surface area (Å²) in [4.78, 5) is 6.52. The standard InChI is InChI=1S/C14H16N2/c1-16(2)11-12-6-5-7-13(10-12)14-8-3-4-9-15-14/h3-10H,11H2,1-2H3. The lowest BCUT2D eigenvalue weighted by Crippen LogP contribution is -2.10. The highest BCUT2D eigenvalue weighted by atomic mass is 15.0. The summed E-state index contributed by atoms with van der Waals surface area (Å²) in [6, 6.07) is 14.5. The minimum atomic E-state index is 0.959. The van der Waals surface area contributed by atoms with Crippen molar-refractivity contribution in [2.45, 2.75) is 6.54 Å². The number of rotatable bonds is 3. The summed E-state index contributed by atoms with van der Waals surface area (Å²) in [5, 5.41) is 0. The molecule has 1 aromatic heterocycles. The summed E-state index contributed by atoms with van der Waals surface area (Å²) < 4.78 is 0. The van der Waals surface area contributed by atoms with Gasteiger partial charge in [-0.2, -0.15) is 0 Å². The molecule has 0 aliphatic heterocycles. The monoisotopic (exact) mass is 212 g/mol. The van der Waals surface area contributed by atoms with Crippen molar-refractivity contribution in [2.75, 3.05) is 14.1 Å². The maximum atomic E-state index is 4.36. The van der Waals surface area contributed by atoms with Crippen molar-refractivity contribution in [3.63, 3.8) is 0 Å². The number of aromatic nitrogens is 1. The molecule has 1 aromatic carbocycles. The lowest BCUT2D eigenvalue weighted by atomic mass is 10.1. The van der Waals surface area contributed by atoms with Gasteiger partial charge in [-0.1, -0.05) is 24.3 Å². The van der Waals surface area contributed by atoms with Gasteiger partial charge < -0.3 is 4.90 Å². The van der Waals surface area contributed by atoms with Crippen LogP contribution < -0.4 is 0 Å². The SMILES string of the molecule is CN(C)Cc1cccc(-c2ccccn2)c1. The van der Waals surface area contributed by atoms with Gasteiger partial charge >= 0.3 is 0 Å². The van der Waals surface area contributed by atoms with Crippen LogP contribution >= 0.6 is 0 Å². The molecule has 2 nitrogen and oxygen atoms in total. The van der Waals surface area contributed by atoms with Crippen molar-refractivity contribution >= 4 is 0 Å². The van der Waals surface area contributed by atoms with Crippen molar-refractivity contribution in [3.8, 4) is 11.3 Å². The minimum Gasteiger partial charge on any atom is -0.305 e. The van der Waals surface area contributed by atoms with E-state index in [1.807, 2.05) is 24.4 Å². The normalized spacial score (nSPS) is 10.7. The zero-order valence-corrected chi connectivity index (χ0v) is 9.72. The third kappa shape index (κ3) is 2.67.